The van der Waals surface area contributed by atoms with Gasteiger partial charge in [-0.25, -0.2) is 4.79 Å². The van der Waals surface area contributed by atoms with Crippen LogP contribution in [0, 0.1) is 5.92 Å². The van der Waals surface area contributed by atoms with Gasteiger partial charge >= 0.3 is 5.97 Å². The molecule has 1 saturated carbocycles. The standard InChI is InChI=1S/C31H37NO4/c1-30(2)15-14-24-23-9-6-18-16-20(8-10-21(18)22(23)11-12-25(24)30)36-31(3,4)29(34)35-27-17-19-7-13-26(27)32(5)28(19)33/h8,10-12,16,19,26-27H,6-7,9,13-15,17H2,1-5H3/t19-,26-,27+/m1/s1. The van der Waals surface area contributed by atoms with Crippen LogP contribution in [0.25, 0.3) is 11.1 Å². The van der Waals surface area contributed by atoms with Gasteiger partial charge in [0.25, 0.3) is 0 Å². The number of piperidine rings is 2. The Hall–Kier alpha value is -2.82. The van der Waals surface area contributed by atoms with Gasteiger partial charge in [0.15, 0.2) is 5.60 Å². The molecule has 5 heteroatoms. The zero-order valence-corrected chi connectivity index (χ0v) is 22.1. The molecule has 3 aliphatic carbocycles. The summed E-state index contributed by atoms with van der Waals surface area (Å²) in [5.74, 6) is 0.470. The third kappa shape index (κ3) is 3.65. The predicted molar refractivity (Wildman–Crippen MR) is 139 cm³/mol. The fourth-order valence-electron chi connectivity index (χ4n) is 7.06. The molecule has 0 radical (unpaired) electrons. The molecule has 0 unspecified atom stereocenters. The summed E-state index contributed by atoms with van der Waals surface area (Å²) in [6.45, 7) is 8.25. The maximum Gasteiger partial charge on any atom is 0.350 e. The largest absolute Gasteiger partial charge is 0.476 e. The smallest absolute Gasteiger partial charge is 0.350 e. The predicted octanol–water partition coefficient (Wildman–Crippen LogP) is 5.39. The molecule has 3 fully saturated rings. The normalized spacial score (nSPS) is 25.8. The molecule has 0 aromatic heterocycles. The van der Waals surface area contributed by atoms with Crippen LogP contribution in [-0.4, -0.2) is 41.6 Å². The fraction of sp³-hybridized carbons (Fsp3) is 0.548. The molecule has 2 bridgehead atoms. The van der Waals surface area contributed by atoms with Crippen molar-refractivity contribution in [2.75, 3.05) is 7.05 Å². The van der Waals surface area contributed by atoms with Crippen LogP contribution in [0.15, 0.2) is 30.3 Å². The second kappa shape index (κ2) is 8.09. The first-order valence-electron chi connectivity index (χ1n) is 13.5. The summed E-state index contributed by atoms with van der Waals surface area (Å²) in [5.41, 5.74) is 7.66. The molecule has 5 nitrogen and oxygen atoms in total. The van der Waals surface area contributed by atoms with E-state index in [4.69, 9.17) is 9.47 Å². The molecule has 36 heavy (non-hydrogen) atoms. The Morgan fingerprint density at radius 3 is 2.58 bits per heavy atom. The van der Waals surface area contributed by atoms with E-state index in [0.29, 0.717) is 12.2 Å². The van der Waals surface area contributed by atoms with Crippen molar-refractivity contribution in [3.63, 3.8) is 0 Å². The highest BCUT2D eigenvalue weighted by Crippen LogP contribution is 2.46. The Morgan fingerprint density at radius 2 is 1.81 bits per heavy atom. The van der Waals surface area contributed by atoms with Crippen LogP contribution in [0.4, 0.5) is 0 Å². The van der Waals surface area contributed by atoms with Crippen molar-refractivity contribution in [1.82, 2.24) is 4.90 Å². The van der Waals surface area contributed by atoms with E-state index in [9.17, 15) is 9.59 Å². The number of carbonyl (C=O) groups is 2. The van der Waals surface area contributed by atoms with Gasteiger partial charge in [0.05, 0.1) is 6.04 Å². The van der Waals surface area contributed by atoms with Gasteiger partial charge in [0.1, 0.15) is 11.9 Å². The van der Waals surface area contributed by atoms with Crippen LogP contribution >= 0.6 is 0 Å². The van der Waals surface area contributed by atoms with Crippen LogP contribution in [0.5, 0.6) is 5.75 Å². The quantitative estimate of drug-likeness (QED) is 0.543. The third-order valence-electron chi connectivity index (χ3n) is 9.25. The maximum atomic E-state index is 13.2. The van der Waals surface area contributed by atoms with Crippen LogP contribution < -0.4 is 4.74 Å². The number of benzene rings is 2. The second-order valence-corrected chi connectivity index (χ2v) is 12.4. The van der Waals surface area contributed by atoms with Crippen LogP contribution in [0.2, 0.25) is 0 Å². The Balaban J connectivity index is 1.19. The van der Waals surface area contributed by atoms with Gasteiger partial charge < -0.3 is 14.4 Å². The first-order valence-corrected chi connectivity index (χ1v) is 13.5. The van der Waals surface area contributed by atoms with E-state index in [0.717, 1.165) is 25.7 Å². The molecule has 2 aromatic rings. The molecule has 2 aromatic carbocycles. The number of amides is 1. The summed E-state index contributed by atoms with van der Waals surface area (Å²) in [5, 5.41) is 0. The summed E-state index contributed by atoms with van der Waals surface area (Å²) in [4.78, 5) is 27.2. The molecule has 2 aliphatic heterocycles. The average molecular weight is 488 g/mol. The minimum Gasteiger partial charge on any atom is -0.476 e. The maximum absolute atomic E-state index is 13.2. The highest BCUT2D eigenvalue weighted by atomic mass is 16.6. The minimum absolute atomic E-state index is 0.0295. The Labute approximate surface area is 214 Å². The second-order valence-electron chi connectivity index (χ2n) is 12.4. The Bertz CT molecular complexity index is 1260. The van der Waals surface area contributed by atoms with E-state index in [1.807, 2.05) is 13.1 Å². The van der Waals surface area contributed by atoms with E-state index in [1.54, 1.807) is 24.3 Å². The number of aryl methyl sites for hydroxylation is 1. The first kappa shape index (κ1) is 23.6. The van der Waals surface area contributed by atoms with Crippen molar-refractivity contribution in [3.05, 3.63) is 52.6 Å². The SMILES string of the molecule is CN1C(=O)[C@@H]2CC[C@@H]1[C@@H](OC(=O)C(C)(C)Oc1ccc3c(c1)CCc1c-3ccc3c1CCC3(C)C)C2. The van der Waals surface area contributed by atoms with Gasteiger partial charge in [-0.15, -0.1) is 0 Å². The summed E-state index contributed by atoms with van der Waals surface area (Å²) < 4.78 is 12.2. The number of rotatable bonds is 4. The lowest BCUT2D eigenvalue weighted by atomic mass is 9.77. The summed E-state index contributed by atoms with van der Waals surface area (Å²) in [6.07, 6.45) is 6.56. The zero-order valence-electron chi connectivity index (χ0n) is 22.1. The highest BCUT2D eigenvalue weighted by molar-refractivity contribution is 5.82. The number of esters is 1. The Kier molecular flexibility index (Phi) is 5.30. The minimum atomic E-state index is -1.12. The average Bonchev–Trinajstić information content (AvgIpc) is 3.16. The van der Waals surface area contributed by atoms with Gasteiger partial charge in [-0.2, -0.15) is 0 Å². The molecular formula is C31H37NO4. The molecule has 0 spiro atoms. The van der Waals surface area contributed by atoms with Crippen LogP contribution in [-0.2, 0) is 39.0 Å². The van der Waals surface area contributed by atoms with E-state index in [2.05, 4.69) is 38.1 Å². The number of likely N-dealkylation sites (N-methyl/N-ethyl adjacent to an activating group) is 1. The summed E-state index contributed by atoms with van der Waals surface area (Å²) >= 11 is 0. The molecule has 2 saturated heterocycles. The van der Waals surface area contributed by atoms with Crippen molar-refractivity contribution in [1.29, 1.82) is 0 Å². The van der Waals surface area contributed by atoms with Crippen LogP contribution in [0.1, 0.15) is 75.6 Å². The molecule has 5 aliphatic rings. The van der Waals surface area contributed by atoms with Crippen molar-refractivity contribution in [3.8, 4) is 16.9 Å². The van der Waals surface area contributed by atoms with Gasteiger partial charge in [-0.1, -0.05) is 32.0 Å². The number of hydrogen-bond donors (Lipinski definition) is 0. The van der Waals surface area contributed by atoms with Crippen molar-refractivity contribution >= 4 is 11.9 Å². The number of hydrogen-bond acceptors (Lipinski definition) is 4. The molecule has 3 atom stereocenters. The third-order valence-corrected chi connectivity index (χ3v) is 9.25. The van der Waals surface area contributed by atoms with Gasteiger partial charge in [0, 0.05) is 13.0 Å². The van der Waals surface area contributed by atoms with Gasteiger partial charge in [-0.05, 0) is 110 Å². The summed E-state index contributed by atoms with van der Waals surface area (Å²) in [6, 6.07) is 10.8. The lowest BCUT2D eigenvalue weighted by Gasteiger charge is -2.47. The van der Waals surface area contributed by atoms with Gasteiger partial charge in [-0.3, -0.25) is 4.79 Å². The van der Waals surface area contributed by atoms with Crippen LogP contribution in [0.3, 0.4) is 0 Å². The number of carbonyl (C=O) groups excluding carboxylic acids is 2. The van der Waals surface area contributed by atoms with E-state index in [-0.39, 0.29) is 35.4 Å². The molecule has 7 rings (SSSR count). The van der Waals surface area contributed by atoms with Gasteiger partial charge in [0.2, 0.25) is 5.91 Å². The fourth-order valence-corrected chi connectivity index (χ4v) is 7.06. The van der Waals surface area contributed by atoms with Crippen molar-refractivity contribution in [2.45, 2.75) is 95.8 Å². The van der Waals surface area contributed by atoms with Crippen molar-refractivity contribution in [2.24, 2.45) is 5.92 Å². The number of nitrogens with zero attached hydrogens (tertiary/aromatic N) is 1. The number of ether oxygens (including phenoxy) is 2. The summed E-state index contributed by atoms with van der Waals surface area (Å²) in [7, 11) is 1.82. The van der Waals surface area contributed by atoms with Crippen molar-refractivity contribution < 1.29 is 19.1 Å². The monoisotopic (exact) mass is 487 g/mol. The van der Waals surface area contributed by atoms with E-state index >= 15 is 0 Å². The molecule has 190 valence electrons. The first-order chi connectivity index (χ1) is 17.0. The topological polar surface area (TPSA) is 55.8 Å². The number of fused-ring (bicyclic) bond motifs is 8. The zero-order chi connectivity index (χ0) is 25.4. The molecule has 2 heterocycles. The van der Waals surface area contributed by atoms with E-state index in [1.165, 1.54) is 40.7 Å². The molecular weight excluding hydrogens is 450 g/mol. The lowest BCUT2D eigenvalue weighted by molar-refractivity contribution is -0.180. The van der Waals surface area contributed by atoms with E-state index < -0.39 is 5.60 Å². The lowest BCUT2D eigenvalue weighted by Crippen LogP contribution is -2.59. The highest BCUT2D eigenvalue weighted by Gasteiger charge is 2.47. The molecule has 0 N–H and O–H groups in total. The molecule has 1 amide bonds. The Morgan fingerprint density at radius 1 is 1.03 bits per heavy atom.